The van der Waals surface area contributed by atoms with E-state index in [0.717, 1.165) is 143 Å². The van der Waals surface area contributed by atoms with Crippen molar-refractivity contribution in [3.05, 3.63) is 269 Å². The SMILES string of the molecule is [2H]C1(c2c[n+](C)c(-c3ccccc3C)cc2-c2ccc3cc(C4([2H])CC5CCC4C5)ccc3c2)CCCCC1.[2H]C1(c2c[n+](C)c(-c3ccccc3C)cc2-c2ccc3cc(C4([2H])CC5CCC4CC5)ccc3c2)CCCCC1.[2H]C1(c2ccc3cc(-c4cc(-c5ccccc5C)[n+](C)cc4C4([2H])CCCCC4)ccc3c2)CC2CCCC2C1. The monoisotopic (exact) mass is 1490 g/mol. The zero-order valence-corrected chi connectivity index (χ0v) is 68.6. The van der Waals surface area contributed by atoms with Gasteiger partial charge in [0.25, 0.3) is 0 Å². The molecule has 0 N–H and O–H groups in total. The van der Waals surface area contributed by atoms with Crippen molar-refractivity contribution in [3.8, 4) is 67.2 Å². The van der Waals surface area contributed by atoms with Crippen LogP contribution in [0.25, 0.3) is 99.5 Å². The first-order valence-electron chi connectivity index (χ1n) is 47.5. The Labute approximate surface area is 685 Å². The lowest BCUT2D eigenvalue weighted by molar-refractivity contribution is -0.660. The van der Waals surface area contributed by atoms with Crippen molar-refractivity contribution in [2.24, 2.45) is 56.7 Å². The highest BCUT2D eigenvalue weighted by Gasteiger charge is 2.42. The first-order valence-corrected chi connectivity index (χ1v) is 44.5. The van der Waals surface area contributed by atoms with Crippen LogP contribution >= 0.6 is 0 Å². The quantitative estimate of drug-likeness (QED) is 0.108. The topological polar surface area (TPSA) is 11.6 Å². The van der Waals surface area contributed by atoms with Crippen LogP contribution in [0.3, 0.4) is 0 Å². The van der Waals surface area contributed by atoms with Gasteiger partial charge in [-0.25, -0.2) is 13.7 Å². The lowest BCUT2D eigenvalue weighted by Gasteiger charge is -2.42. The molecule has 113 heavy (non-hydrogen) atoms. The second kappa shape index (κ2) is 32.5. The highest BCUT2D eigenvalue weighted by Crippen LogP contribution is 2.55. The van der Waals surface area contributed by atoms with E-state index in [1.165, 1.54) is 216 Å². The van der Waals surface area contributed by atoms with Crippen molar-refractivity contribution in [2.45, 2.75) is 242 Å². The highest BCUT2D eigenvalue weighted by molar-refractivity contribution is 5.92. The second-order valence-electron chi connectivity index (χ2n) is 36.6. The number of hydrogen-bond donors (Lipinski definition) is 0. The first-order chi connectivity index (χ1) is 57.5. The van der Waals surface area contributed by atoms with Crippen LogP contribution in [0.4, 0.5) is 0 Å². The summed E-state index contributed by atoms with van der Waals surface area (Å²) in [5, 5.41) is 7.36. The molecule has 10 saturated carbocycles. The Morgan fingerprint density at radius 3 is 0.956 bits per heavy atom. The maximum atomic E-state index is 9.60. The molecule has 6 unspecified atom stereocenters. The van der Waals surface area contributed by atoms with Gasteiger partial charge in [-0.05, 0) is 317 Å². The van der Waals surface area contributed by atoms with Crippen LogP contribution in [-0.4, -0.2) is 0 Å². The van der Waals surface area contributed by atoms with Crippen LogP contribution < -0.4 is 13.7 Å². The summed E-state index contributed by atoms with van der Waals surface area (Å²) in [5.74, 6) is 1.13. The van der Waals surface area contributed by atoms with Gasteiger partial charge in [0.2, 0.25) is 17.1 Å². The molecule has 3 heteroatoms. The summed E-state index contributed by atoms with van der Waals surface area (Å²) in [7, 11) is 6.41. The molecule has 0 spiro atoms. The summed E-state index contributed by atoms with van der Waals surface area (Å²) < 4.78 is 63.7. The minimum Gasteiger partial charge on any atom is -0.201 e. The number of rotatable bonds is 12. The van der Waals surface area contributed by atoms with E-state index in [4.69, 9.17) is 0 Å². The number of aryl methyl sites for hydroxylation is 6. The van der Waals surface area contributed by atoms with E-state index in [2.05, 4.69) is 274 Å². The molecule has 10 aliphatic rings. The van der Waals surface area contributed by atoms with E-state index < -0.39 is 35.4 Å². The van der Waals surface area contributed by atoms with Gasteiger partial charge in [0.05, 0.1) is 0 Å². The molecule has 12 aromatic rings. The van der Waals surface area contributed by atoms with Crippen molar-refractivity contribution < 1.29 is 21.9 Å². The Morgan fingerprint density at radius 2 is 0.593 bits per heavy atom. The van der Waals surface area contributed by atoms with Gasteiger partial charge < -0.3 is 0 Å². The summed E-state index contributed by atoms with van der Waals surface area (Å²) in [6.45, 7) is 6.54. The van der Waals surface area contributed by atoms with Crippen LogP contribution in [0.5, 0.6) is 0 Å². The van der Waals surface area contributed by atoms with Gasteiger partial charge in [-0.1, -0.05) is 242 Å². The molecule has 0 amide bonds. The van der Waals surface area contributed by atoms with Crippen LogP contribution in [0.1, 0.15) is 280 Å². The van der Waals surface area contributed by atoms with Gasteiger partial charge in [0, 0.05) is 59.8 Å². The Bertz CT molecular complexity index is 5840. The van der Waals surface area contributed by atoms with Crippen molar-refractivity contribution in [3.63, 3.8) is 0 Å². The zero-order chi connectivity index (χ0) is 81.7. The molecule has 3 nitrogen and oxygen atoms in total. The molecule has 576 valence electrons. The van der Waals surface area contributed by atoms with Crippen molar-refractivity contribution in [2.75, 3.05) is 0 Å². The van der Waals surface area contributed by atoms with Crippen LogP contribution in [0, 0.1) is 56.3 Å². The molecule has 22 rings (SSSR count). The lowest BCUT2D eigenvalue weighted by atomic mass is 9.63. The largest absolute Gasteiger partial charge is 0.213 e. The number of benzene rings is 9. The Morgan fingerprint density at radius 1 is 0.257 bits per heavy atom. The minimum atomic E-state index is -0.549. The molecule has 0 radical (unpaired) electrons. The molecule has 10 aliphatic carbocycles. The summed E-state index contributed by atoms with van der Waals surface area (Å²) in [4.78, 5) is 0. The third-order valence-corrected chi connectivity index (χ3v) is 29.4. The molecule has 6 atom stereocenters. The Hall–Kier alpha value is -8.79. The van der Waals surface area contributed by atoms with E-state index in [0.29, 0.717) is 11.8 Å². The lowest BCUT2D eigenvalue weighted by Crippen LogP contribution is -2.32. The second-order valence-corrected chi connectivity index (χ2v) is 36.6. The number of aromatic nitrogens is 3. The van der Waals surface area contributed by atoms with Gasteiger partial charge in [0.1, 0.15) is 21.1 Å². The van der Waals surface area contributed by atoms with Crippen LogP contribution in [0.2, 0.25) is 0 Å². The average molecular weight is 1490 g/mol. The van der Waals surface area contributed by atoms with E-state index in [-0.39, 0.29) is 0 Å². The molecule has 4 bridgehead atoms. The Balaban J connectivity index is 0.000000118. The molecular weight excluding hydrogens is 1360 g/mol. The standard InChI is InChI=1S/2C37H42N.C36H40N/c1-25-9-6-7-14-34(25)37-23-35(36(24-38(37)2)26-10-4-3-5-11-26)32-18-17-29-19-31(16-15-30(29)20-32)33-21-27-12-8-13-28(27)22-33;1-25-8-6-7-11-33(25)37-23-35(36(24-38(37)2)27-9-4-3-5-10-27)32-19-17-29-21-31(18-16-30(29)22-32)34-20-26-12-14-28(34)15-13-26;1-24-8-6-7-11-32(24)36-22-34(35(23-37(36)2)26-9-4-3-5-10-26)31-17-15-27-20-30(16-14-28(27)21-31)33-19-25-12-13-29(33)18-25/h6-7,9,14-20,23-24,26-28,33H,3-5,8,10-13,21-22H2,1-2H3;6-8,11,16-19,21-24,26-28,34H,3-5,9-10,12-15,20H2,1-2H3;6-8,11,14-17,20-23,25-26,29,33H,3-5,9-10,12-13,18-19H2,1-2H3/q3*+1/i26D,33D;27D,34D;26D,33D. The first kappa shape index (κ1) is 67.5. The molecule has 10 fully saturated rings. The summed E-state index contributed by atoms with van der Waals surface area (Å²) in [6, 6.07) is 73.8. The van der Waals surface area contributed by atoms with Crippen molar-refractivity contribution in [1.29, 1.82) is 0 Å². The predicted molar refractivity (Wildman–Crippen MR) is 473 cm³/mol. The van der Waals surface area contributed by atoms with Crippen LogP contribution in [-0.2, 0) is 21.1 Å². The maximum absolute atomic E-state index is 9.60. The molecule has 9 aromatic carbocycles. The number of hydrogen-bond acceptors (Lipinski definition) is 0. The fourth-order valence-electron chi connectivity index (χ4n) is 23.1. The minimum absolute atomic E-state index is 0.405. The van der Waals surface area contributed by atoms with Gasteiger partial charge in [-0.15, -0.1) is 0 Å². The van der Waals surface area contributed by atoms with Crippen LogP contribution in [0.15, 0.2) is 219 Å². The Kier molecular flexibility index (Phi) is 19.4. The fourth-order valence-corrected chi connectivity index (χ4v) is 23.1. The number of nitrogens with zero attached hydrogens (tertiary/aromatic N) is 3. The van der Waals surface area contributed by atoms with Crippen molar-refractivity contribution >= 4 is 32.3 Å². The maximum Gasteiger partial charge on any atom is 0.213 e. The summed E-state index contributed by atoms with van der Waals surface area (Å²) in [5.41, 5.74) is 25.3. The number of pyridine rings is 3. The third kappa shape index (κ3) is 15.3. The molecule has 3 heterocycles. The highest BCUT2D eigenvalue weighted by atomic mass is 14.9. The van der Waals surface area contributed by atoms with E-state index in [1.54, 1.807) is 0 Å². The summed E-state index contributed by atoms with van der Waals surface area (Å²) in [6.07, 6.45) is 39.8. The normalized spacial score (nSPS) is 27.2. The van der Waals surface area contributed by atoms with E-state index in [1.807, 2.05) is 0 Å². The summed E-state index contributed by atoms with van der Waals surface area (Å²) >= 11 is 0. The average Bonchev–Trinajstić information content (AvgIpc) is 1.74. The molecule has 0 aliphatic heterocycles. The van der Waals surface area contributed by atoms with E-state index >= 15 is 0 Å². The molecule has 3 aromatic heterocycles. The molecular formula is C110H124N3+3. The van der Waals surface area contributed by atoms with Gasteiger partial charge >= 0.3 is 0 Å². The van der Waals surface area contributed by atoms with E-state index in [9.17, 15) is 8.22 Å². The van der Waals surface area contributed by atoms with Gasteiger partial charge in [0.15, 0.2) is 18.6 Å². The number of fused-ring (bicyclic) bond motifs is 9. The van der Waals surface area contributed by atoms with Gasteiger partial charge in [-0.3, -0.25) is 0 Å². The zero-order valence-electron chi connectivity index (χ0n) is 74.6. The third-order valence-electron chi connectivity index (χ3n) is 29.4. The molecule has 0 saturated heterocycles. The predicted octanol–water partition coefficient (Wildman–Crippen LogP) is 28.6. The van der Waals surface area contributed by atoms with Crippen molar-refractivity contribution in [1.82, 2.24) is 0 Å². The van der Waals surface area contributed by atoms with Gasteiger partial charge in [-0.2, -0.15) is 0 Å². The fraction of sp³-hybridized carbons (Fsp3) is 0.427. The smallest absolute Gasteiger partial charge is 0.201 e.